The lowest BCUT2D eigenvalue weighted by Gasteiger charge is -2.24. The Labute approximate surface area is 171 Å². The molecule has 0 fully saturated rings. The molecule has 4 rings (SSSR count). The lowest BCUT2D eigenvalue weighted by atomic mass is 9.98. The predicted octanol–water partition coefficient (Wildman–Crippen LogP) is 7.11. The summed E-state index contributed by atoms with van der Waals surface area (Å²) in [5, 5.41) is 8.35. The molecule has 5 heteroatoms. The summed E-state index contributed by atoms with van der Waals surface area (Å²) < 4.78 is 1.06. The van der Waals surface area contributed by atoms with Gasteiger partial charge in [-0.3, -0.25) is 5.01 Å². The van der Waals surface area contributed by atoms with E-state index in [1.54, 1.807) is 0 Å². The maximum atomic E-state index is 6.46. The van der Waals surface area contributed by atoms with Crippen LogP contribution in [0.25, 0.3) is 0 Å². The van der Waals surface area contributed by atoms with Gasteiger partial charge in [0.25, 0.3) is 0 Å². The van der Waals surface area contributed by atoms with Crippen molar-refractivity contribution in [3.05, 3.63) is 98.4 Å². The average Bonchev–Trinajstić information content (AvgIpc) is 3.08. The van der Waals surface area contributed by atoms with Gasteiger partial charge in [-0.05, 0) is 47.5 Å². The summed E-state index contributed by atoms with van der Waals surface area (Å²) in [6, 6.07) is 24.1. The second kappa shape index (κ2) is 7.43. The minimum atomic E-state index is 0.0914. The first kappa shape index (κ1) is 17.6. The summed E-state index contributed by atoms with van der Waals surface area (Å²) in [7, 11) is 0. The van der Waals surface area contributed by atoms with Crippen LogP contribution in [0, 0.1) is 0 Å². The molecule has 3 aromatic rings. The Morgan fingerprint density at radius 3 is 2.27 bits per heavy atom. The summed E-state index contributed by atoms with van der Waals surface area (Å²) in [6.45, 7) is 0. The molecule has 1 aliphatic heterocycles. The van der Waals surface area contributed by atoms with Gasteiger partial charge in [0.05, 0.1) is 22.5 Å². The predicted molar refractivity (Wildman–Crippen MR) is 113 cm³/mol. The van der Waals surface area contributed by atoms with Crippen LogP contribution in [-0.2, 0) is 0 Å². The Bertz CT molecular complexity index is 953. The molecule has 0 amide bonds. The Hall–Kier alpha value is -1.81. The summed E-state index contributed by atoms with van der Waals surface area (Å²) in [5.74, 6) is 0. The Morgan fingerprint density at radius 1 is 0.885 bits per heavy atom. The van der Waals surface area contributed by atoms with Gasteiger partial charge in [-0.1, -0.05) is 75.5 Å². The second-order valence-electron chi connectivity index (χ2n) is 6.12. The summed E-state index contributed by atoms with van der Waals surface area (Å²) in [5.41, 5.74) is 4.20. The van der Waals surface area contributed by atoms with Gasteiger partial charge in [0, 0.05) is 15.9 Å². The van der Waals surface area contributed by atoms with Gasteiger partial charge in [0.1, 0.15) is 0 Å². The number of hydrazone groups is 1. The molecule has 1 unspecified atom stereocenters. The molecular weight excluding hydrogens is 431 g/mol. The molecule has 130 valence electrons. The van der Waals surface area contributed by atoms with Crippen molar-refractivity contribution < 1.29 is 0 Å². The largest absolute Gasteiger partial charge is 0.256 e. The van der Waals surface area contributed by atoms with Crippen LogP contribution in [-0.4, -0.2) is 5.71 Å². The van der Waals surface area contributed by atoms with Gasteiger partial charge in [-0.25, -0.2) is 0 Å². The van der Waals surface area contributed by atoms with Crippen molar-refractivity contribution in [3.8, 4) is 0 Å². The number of anilines is 1. The van der Waals surface area contributed by atoms with Crippen LogP contribution in [0.5, 0.6) is 0 Å². The first-order valence-corrected chi connectivity index (χ1v) is 9.79. The SMILES string of the molecule is Clc1ccc(C2=NN(c3ccccc3Cl)C(c3ccc(Br)cc3)C2)cc1. The molecule has 3 aromatic carbocycles. The number of halogens is 3. The van der Waals surface area contributed by atoms with Crippen LogP contribution in [0.4, 0.5) is 5.69 Å². The van der Waals surface area contributed by atoms with E-state index in [1.165, 1.54) is 5.56 Å². The molecule has 1 atom stereocenters. The zero-order valence-corrected chi connectivity index (χ0v) is 16.8. The minimum Gasteiger partial charge on any atom is -0.256 e. The van der Waals surface area contributed by atoms with Gasteiger partial charge in [0.15, 0.2) is 0 Å². The third-order valence-corrected chi connectivity index (χ3v) is 5.54. The molecular formula is C21H15BrCl2N2. The third kappa shape index (κ3) is 3.52. The van der Waals surface area contributed by atoms with Crippen molar-refractivity contribution in [1.82, 2.24) is 0 Å². The van der Waals surface area contributed by atoms with Gasteiger partial charge in [0.2, 0.25) is 0 Å². The van der Waals surface area contributed by atoms with Crippen LogP contribution in [0.15, 0.2) is 82.4 Å². The summed E-state index contributed by atoms with van der Waals surface area (Å²) in [4.78, 5) is 0. The van der Waals surface area contributed by atoms with Crippen molar-refractivity contribution in [1.29, 1.82) is 0 Å². The van der Waals surface area contributed by atoms with Crippen molar-refractivity contribution in [2.75, 3.05) is 5.01 Å². The highest BCUT2D eigenvalue weighted by Gasteiger charge is 2.30. The van der Waals surface area contributed by atoms with E-state index < -0.39 is 0 Å². The zero-order valence-electron chi connectivity index (χ0n) is 13.7. The highest BCUT2D eigenvalue weighted by Crippen LogP contribution is 2.39. The van der Waals surface area contributed by atoms with Gasteiger partial charge in [-0.2, -0.15) is 5.10 Å². The Balaban J connectivity index is 1.77. The maximum absolute atomic E-state index is 6.46. The molecule has 1 aliphatic rings. The smallest absolute Gasteiger partial charge is 0.0832 e. The third-order valence-electron chi connectivity index (χ3n) is 4.44. The highest BCUT2D eigenvalue weighted by atomic mass is 79.9. The fourth-order valence-corrected chi connectivity index (χ4v) is 3.74. The molecule has 0 spiro atoms. The normalized spacial score (nSPS) is 16.7. The van der Waals surface area contributed by atoms with Crippen molar-refractivity contribution in [3.63, 3.8) is 0 Å². The fraction of sp³-hybridized carbons (Fsp3) is 0.0952. The van der Waals surface area contributed by atoms with Gasteiger partial charge in [-0.15, -0.1) is 0 Å². The quantitative estimate of drug-likeness (QED) is 0.419. The van der Waals surface area contributed by atoms with Crippen LogP contribution < -0.4 is 5.01 Å². The number of para-hydroxylation sites is 1. The molecule has 0 bridgehead atoms. The molecule has 0 aliphatic carbocycles. The lowest BCUT2D eigenvalue weighted by Crippen LogP contribution is -2.18. The number of hydrogen-bond donors (Lipinski definition) is 0. The van der Waals surface area contributed by atoms with Crippen LogP contribution >= 0.6 is 39.1 Å². The minimum absolute atomic E-state index is 0.0914. The molecule has 1 heterocycles. The number of rotatable bonds is 3. The van der Waals surface area contributed by atoms with E-state index in [0.29, 0.717) is 5.02 Å². The molecule has 26 heavy (non-hydrogen) atoms. The summed E-state index contributed by atoms with van der Waals surface area (Å²) in [6.07, 6.45) is 0.800. The van der Waals surface area contributed by atoms with Crippen molar-refractivity contribution >= 4 is 50.5 Å². The monoisotopic (exact) mass is 444 g/mol. The topological polar surface area (TPSA) is 15.6 Å². The van der Waals surface area contributed by atoms with E-state index in [9.17, 15) is 0 Å². The fourth-order valence-electron chi connectivity index (χ4n) is 3.13. The summed E-state index contributed by atoms with van der Waals surface area (Å²) >= 11 is 16.0. The standard InChI is InChI=1S/C21H15BrCl2N2/c22-16-9-5-15(6-10-16)21-13-19(14-7-11-17(23)12-8-14)25-26(21)20-4-2-1-3-18(20)24/h1-12,21H,13H2. The first-order valence-electron chi connectivity index (χ1n) is 8.24. The second-order valence-corrected chi connectivity index (χ2v) is 7.88. The molecule has 0 saturated heterocycles. The molecule has 0 aromatic heterocycles. The van der Waals surface area contributed by atoms with E-state index in [-0.39, 0.29) is 6.04 Å². The molecule has 0 saturated carbocycles. The van der Waals surface area contributed by atoms with Crippen LogP contribution in [0.1, 0.15) is 23.6 Å². The van der Waals surface area contributed by atoms with Gasteiger partial charge < -0.3 is 0 Å². The van der Waals surface area contributed by atoms with Crippen molar-refractivity contribution in [2.45, 2.75) is 12.5 Å². The number of nitrogens with zero attached hydrogens (tertiary/aromatic N) is 2. The maximum Gasteiger partial charge on any atom is 0.0832 e. The Kier molecular flexibility index (Phi) is 5.03. The average molecular weight is 446 g/mol. The molecule has 0 radical (unpaired) electrons. The first-order chi connectivity index (χ1) is 12.6. The lowest BCUT2D eigenvalue weighted by molar-refractivity contribution is 0.709. The zero-order chi connectivity index (χ0) is 18.1. The van der Waals surface area contributed by atoms with E-state index in [2.05, 4.69) is 40.2 Å². The molecule has 0 N–H and O–H groups in total. The number of hydrogen-bond acceptors (Lipinski definition) is 2. The van der Waals surface area contributed by atoms with Crippen molar-refractivity contribution in [2.24, 2.45) is 5.10 Å². The van der Waals surface area contributed by atoms with E-state index in [4.69, 9.17) is 28.3 Å². The Morgan fingerprint density at radius 2 is 1.58 bits per heavy atom. The molecule has 2 nitrogen and oxygen atoms in total. The van der Waals surface area contributed by atoms with Crippen LogP contribution in [0.2, 0.25) is 10.0 Å². The van der Waals surface area contributed by atoms with E-state index >= 15 is 0 Å². The van der Waals surface area contributed by atoms with Gasteiger partial charge >= 0.3 is 0 Å². The highest BCUT2D eigenvalue weighted by molar-refractivity contribution is 9.10. The van der Waals surface area contributed by atoms with Crippen LogP contribution in [0.3, 0.4) is 0 Å². The van der Waals surface area contributed by atoms with E-state index in [0.717, 1.165) is 32.9 Å². The van der Waals surface area contributed by atoms with E-state index in [1.807, 2.05) is 53.5 Å². The number of benzene rings is 3.